The normalized spacial score (nSPS) is 11.1. The maximum absolute atomic E-state index is 13.1. The second-order valence-electron chi connectivity index (χ2n) is 7.57. The van der Waals surface area contributed by atoms with Crippen LogP contribution in [0.3, 0.4) is 0 Å². The predicted molar refractivity (Wildman–Crippen MR) is 146 cm³/mol. The molecule has 0 saturated heterocycles. The number of hydrogen-bond donors (Lipinski definition) is 2. The third kappa shape index (κ3) is 6.39. The molecule has 4 aromatic carbocycles. The Labute approximate surface area is 227 Å². The highest BCUT2D eigenvalue weighted by molar-refractivity contribution is 9.10. The van der Waals surface area contributed by atoms with Crippen LogP contribution in [0, 0.1) is 0 Å². The SMILES string of the molecule is O=C(NCc1ccccc1Br)c1cc(Cl)ccc1NS(=O)(=O)c1ccc(Oc2ccccc2Cl)cc1. The van der Waals surface area contributed by atoms with Gasteiger partial charge >= 0.3 is 0 Å². The maximum atomic E-state index is 13.1. The highest BCUT2D eigenvalue weighted by Gasteiger charge is 2.20. The molecule has 0 radical (unpaired) electrons. The molecule has 0 aliphatic carbocycles. The molecule has 0 atom stereocenters. The zero-order valence-corrected chi connectivity index (χ0v) is 22.5. The van der Waals surface area contributed by atoms with Crippen molar-refractivity contribution in [2.45, 2.75) is 11.4 Å². The fourth-order valence-corrected chi connectivity index (χ4v) is 5.10. The van der Waals surface area contributed by atoms with Crippen LogP contribution in [0.2, 0.25) is 10.0 Å². The van der Waals surface area contributed by atoms with Crippen LogP contribution in [-0.4, -0.2) is 14.3 Å². The van der Waals surface area contributed by atoms with Crippen molar-refractivity contribution in [1.29, 1.82) is 0 Å². The lowest BCUT2D eigenvalue weighted by Crippen LogP contribution is -2.25. The Morgan fingerprint density at radius 2 is 1.58 bits per heavy atom. The molecule has 0 aliphatic heterocycles. The molecule has 6 nitrogen and oxygen atoms in total. The number of amides is 1. The molecule has 4 rings (SSSR count). The number of hydrogen-bond acceptors (Lipinski definition) is 4. The van der Waals surface area contributed by atoms with Crippen LogP contribution in [-0.2, 0) is 16.6 Å². The fraction of sp³-hybridized carbons (Fsp3) is 0.0385. The van der Waals surface area contributed by atoms with Crippen molar-refractivity contribution in [2.75, 3.05) is 4.72 Å². The molecular weight excluding hydrogens is 587 g/mol. The standard InChI is InChI=1S/C26H19BrCl2N2O4S/c27-22-6-2-1-5-17(22)16-30-26(32)21-15-18(28)9-14-24(21)31-36(33,34)20-12-10-19(11-13-20)35-25-8-4-3-7-23(25)29/h1-15,31H,16H2,(H,30,32). The van der Waals surface area contributed by atoms with Gasteiger partial charge in [-0.15, -0.1) is 0 Å². The van der Waals surface area contributed by atoms with Crippen molar-refractivity contribution in [3.8, 4) is 11.5 Å². The van der Waals surface area contributed by atoms with Gasteiger partial charge in [-0.05, 0) is 66.2 Å². The summed E-state index contributed by atoms with van der Waals surface area (Å²) < 4.78 is 35.2. The van der Waals surface area contributed by atoms with Crippen LogP contribution in [0.1, 0.15) is 15.9 Å². The van der Waals surface area contributed by atoms with Crippen LogP contribution < -0.4 is 14.8 Å². The number of sulfonamides is 1. The van der Waals surface area contributed by atoms with E-state index in [1.807, 2.05) is 24.3 Å². The van der Waals surface area contributed by atoms with E-state index in [0.29, 0.717) is 21.5 Å². The Kier molecular flexibility index (Phi) is 8.21. The molecule has 0 spiro atoms. The highest BCUT2D eigenvalue weighted by atomic mass is 79.9. The average Bonchev–Trinajstić information content (AvgIpc) is 2.86. The van der Waals surface area contributed by atoms with Gasteiger partial charge in [0.1, 0.15) is 11.5 Å². The highest BCUT2D eigenvalue weighted by Crippen LogP contribution is 2.30. The first kappa shape index (κ1) is 26.0. The lowest BCUT2D eigenvalue weighted by molar-refractivity contribution is 0.0951. The van der Waals surface area contributed by atoms with Crippen molar-refractivity contribution in [2.24, 2.45) is 0 Å². The minimum atomic E-state index is -4.02. The van der Waals surface area contributed by atoms with Gasteiger partial charge in [-0.2, -0.15) is 0 Å². The Morgan fingerprint density at radius 3 is 2.31 bits per heavy atom. The van der Waals surface area contributed by atoms with E-state index in [4.69, 9.17) is 27.9 Å². The zero-order chi connectivity index (χ0) is 25.7. The molecule has 0 bridgehead atoms. The monoisotopic (exact) mass is 604 g/mol. The first-order valence-electron chi connectivity index (χ1n) is 10.6. The molecule has 2 N–H and O–H groups in total. The second-order valence-corrected chi connectivity index (χ2v) is 11.0. The Balaban J connectivity index is 1.51. The van der Waals surface area contributed by atoms with E-state index >= 15 is 0 Å². The molecule has 36 heavy (non-hydrogen) atoms. The first-order chi connectivity index (χ1) is 17.2. The summed E-state index contributed by atoms with van der Waals surface area (Å²) in [6.07, 6.45) is 0. The topological polar surface area (TPSA) is 84.5 Å². The van der Waals surface area contributed by atoms with Crippen LogP contribution >= 0.6 is 39.1 Å². The second kappa shape index (κ2) is 11.3. The summed E-state index contributed by atoms with van der Waals surface area (Å²) in [5.74, 6) is 0.391. The van der Waals surface area contributed by atoms with E-state index in [2.05, 4.69) is 26.0 Å². The van der Waals surface area contributed by atoms with Gasteiger partial charge < -0.3 is 10.1 Å². The summed E-state index contributed by atoms with van der Waals surface area (Å²) in [6, 6.07) is 24.6. The lowest BCUT2D eigenvalue weighted by Gasteiger charge is -2.14. The summed E-state index contributed by atoms with van der Waals surface area (Å²) in [6.45, 7) is 0.242. The third-order valence-corrected chi connectivity index (χ3v) is 7.77. The van der Waals surface area contributed by atoms with E-state index in [0.717, 1.165) is 10.0 Å². The molecule has 184 valence electrons. The Morgan fingerprint density at radius 1 is 0.889 bits per heavy atom. The summed E-state index contributed by atoms with van der Waals surface area (Å²) in [7, 11) is -4.02. The molecule has 0 saturated carbocycles. The van der Waals surface area contributed by atoms with E-state index < -0.39 is 15.9 Å². The molecular formula is C26H19BrCl2N2O4S. The summed E-state index contributed by atoms with van der Waals surface area (Å²) in [5, 5.41) is 3.53. The summed E-state index contributed by atoms with van der Waals surface area (Å²) in [5.41, 5.74) is 1.06. The number of halogens is 3. The van der Waals surface area contributed by atoms with Crippen molar-refractivity contribution in [3.05, 3.63) is 117 Å². The molecule has 0 fully saturated rings. The molecule has 0 aliphatic rings. The number of anilines is 1. The number of carbonyl (C=O) groups excluding carboxylic acids is 1. The van der Waals surface area contributed by atoms with Crippen molar-refractivity contribution >= 4 is 60.7 Å². The van der Waals surface area contributed by atoms with Gasteiger partial charge in [-0.3, -0.25) is 9.52 Å². The van der Waals surface area contributed by atoms with Gasteiger partial charge in [0.05, 0.1) is 21.2 Å². The molecule has 4 aromatic rings. The van der Waals surface area contributed by atoms with Crippen LogP contribution in [0.25, 0.3) is 0 Å². The molecule has 10 heteroatoms. The summed E-state index contributed by atoms with van der Waals surface area (Å²) >= 11 is 15.6. The molecule has 0 unspecified atom stereocenters. The fourth-order valence-electron chi connectivity index (χ4n) is 3.25. The molecule has 1 amide bonds. The number of benzene rings is 4. The van der Waals surface area contributed by atoms with Crippen molar-refractivity contribution < 1.29 is 17.9 Å². The van der Waals surface area contributed by atoms with Gasteiger partial charge in [0.15, 0.2) is 0 Å². The zero-order valence-electron chi connectivity index (χ0n) is 18.5. The quantitative estimate of drug-likeness (QED) is 0.221. The van der Waals surface area contributed by atoms with E-state index in [-0.39, 0.29) is 22.7 Å². The van der Waals surface area contributed by atoms with Gasteiger partial charge in [-0.1, -0.05) is 69.5 Å². The van der Waals surface area contributed by atoms with Crippen LogP contribution in [0.5, 0.6) is 11.5 Å². The average molecular weight is 606 g/mol. The molecule has 0 aromatic heterocycles. The number of para-hydroxylation sites is 1. The lowest BCUT2D eigenvalue weighted by atomic mass is 10.1. The van der Waals surface area contributed by atoms with E-state index in [1.54, 1.807) is 24.3 Å². The number of rotatable bonds is 8. The van der Waals surface area contributed by atoms with Crippen LogP contribution in [0.4, 0.5) is 5.69 Å². The maximum Gasteiger partial charge on any atom is 0.261 e. The van der Waals surface area contributed by atoms with Crippen molar-refractivity contribution in [1.82, 2.24) is 5.32 Å². The van der Waals surface area contributed by atoms with Crippen LogP contribution in [0.15, 0.2) is 100 Å². The smallest absolute Gasteiger partial charge is 0.261 e. The predicted octanol–water partition coefficient (Wildman–Crippen LogP) is 7.28. The number of ether oxygens (including phenoxy) is 1. The van der Waals surface area contributed by atoms with Gasteiger partial charge in [-0.25, -0.2) is 8.42 Å². The van der Waals surface area contributed by atoms with Gasteiger partial charge in [0, 0.05) is 16.0 Å². The Hall–Kier alpha value is -3.04. The molecule has 0 heterocycles. The largest absolute Gasteiger partial charge is 0.456 e. The Bertz CT molecular complexity index is 1510. The number of nitrogens with one attached hydrogen (secondary N) is 2. The van der Waals surface area contributed by atoms with E-state index in [1.165, 1.54) is 42.5 Å². The number of carbonyl (C=O) groups is 1. The summed E-state index contributed by atoms with van der Waals surface area (Å²) in [4.78, 5) is 12.9. The van der Waals surface area contributed by atoms with Gasteiger partial charge in [0.2, 0.25) is 0 Å². The minimum absolute atomic E-state index is 0.0106. The van der Waals surface area contributed by atoms with Crippen molar-refractivity contribution in [3.63, 3.8) is 0 Å². The first-order valence-corrected chi connectivity index (χ1v) is 13.6. The van der Waals surface area contributed by atoms with E-state index in [9.17, 15) is 13.2 Å². The minimum Gasteiger partial charge on any atom is -0.456 e. The van der Waals surface area contributed by atoms with Gasteiger partial charge in [0.25, 0.3) is 15.9 Å². The third-order valence-electron chi connectivity index (χ3n) is 5.07.